The van der Waals surface area contributed by atoms with Gasteiger partial charge in [0.05, 0.1) is 0 Å². The van der Waals surface area contributed by atoms with Crippen molar-refractivity contribution < 1.29 is 4.43 Å². The molecular formula is C15H28Cl2OSi. The van der Waals surface area contributed by atoms with E-state index in [2.05, 4.69) is 31.9 Å². The third-order valence-electron chi connectivity index (χ3n) is 3.00. The summed E-state index contributed by atoms with van der Waals surface area (Å²) in [5.74, 6) is 6.29. The summed E-state index contributed by atoms with van der Waals surface area (Å²) < 4.78 is 5.48. The second-order valence-corrected chi connectivity index (χ2v) is 11.2. The Morgan fingerprint density at radius 1 is 0.947 bits per heavy atom. The molecule has 0 unspecified atom stereocenters. The average molecular weight is 323 g/mol. The standard InChI is InChI=1S/C15H28Cl2OSi/c1-4-5-6-7-8-9-10-11-12-13-14-18-19(2,3)15(16)17/h15H,4,7-14H2,1-3H3. The van der Waals surface area contributed by atoms with Crippen molar-refractivity contribution in [3.05, 3.63) is 0 Å². The van der Waals surface area contributed by atoms with E-state index < -0.39 is 8.32 Å². The molecule has 0 aromatic heterocycles. The van der Waals surface area contributed by atoms with Gasteiger partial charge in [0.15, 0.2) is 0 Å². The van der Waals surface area contributed by atoms with Crippen LogP contribution in [0.5, 0.6) is 0 Å². The molecule has 0 aliphatic carbocycles. The first-order valence-electron chi connectivity index (χ1n) is 7.38. The minimum Gasteiger partial charge on any atom is -0.415 e. The molecule has 0 fully saturated rings. The summed E-state index contributed by atoms with van der Waals surface area (Å²) in [6.07, 6.45) is 9.52. The van der Waals surface area contributed by atoms with E-state index in [1.54, 1.807) is 0 Å². The van der Waals surface area contributed by atoms with E-state index in [4.69, 9.17) is 27.6 Å². The Balaban J connectivity index is 3.28. The maximum absolute atomic E-state index is 5.89. The summed E-state index contributed by atoms with van der Waals surface area (Å²) in [6, 6.07) is 0. The van der Waals surface area contributed by atoms with Crippen LogP contribution in [0.4, 0.5) is 0 Å². The van der Waals surface area contributed by atoms with Crippen LogP contribution in [0.2, 0.25) is 13.1 Å². The normalized spacial score (nSPS) is 11.5. The van der Waals surface area contributed by atoms with E-state index >= 15 is 0 Å². The Hall–Kier alpha value is 0.317. The lowest BCUT2D eigenvalue weighted by Gasteiger charge is -2.23. The maximum atomic E-state index is 5.89. The van der Waals surface area contributed by atoms with Gasteiger partial charge in [0.1, 0.15) is 4.46 Å². The van der Waals surface area contributed by atoms with Crippen molar-refractivity contribution in [2.75, 3.05) is 6.61 Å². The molecule has 0 saturated carbocycles. The zero-order valence-electron chi connectivity index (χ0n) is 12.6. The van der Waals surface area contributed by atoms with Crippen molar-refractivity contribution in [1.29, 1.82) is 0 Å². The van der Waals surface area contributed by atoms with E-state index in [9.17, 15) is 0 Å². The number of unbranched alkanes of at least 4 members (excludes halogenated alkanes) is 6. The summed E-state index contributed by atoms with van der Waals surface area (Å²) in [7, 11) is -1.86. The summed E-state index contributed by atoms with van der Waals surface area (Å²) >= 11 is 11.8. The predicted molar refractivity (Wildman–Crippen MR) is 89.3 cm³/mol. The number of hydrogen-bond acceptors (Lipinski definition) is 1. The third kappa shape index (κ3) is 11.8. The highest BCUT2D eigenvalue weighted by Gasteiger charge is 2.30. The van der Waals surface area contributed by atoms with Crippen LogP contribution in [0, 0.1) is 11.8 Å². The van der Waals surface area contributed by atoms with Gasteiger partial charge in [-0.2, -0.15) is 0 Å². The van der Waals surface area contributed by atoms with E-state index in [1.165, 1.54) is 32.1 Å². The van der Waals surface area contributed by atoms with E-state index in [-0.39, 0.29) is 4.46 Å². The van der Waals surface area contributed by atoms with Gasteiger partial charge < -0.3 is 4.43 Å². The molecule has 112 valence electrons. The van der Waals surface area contributed by atoms with Gasteiger partial charge in [0.2, 0.25) is 8.32 Å². The molecule has 0 N–H and O–H groups in total. The van der Waals surface area contributed by atoms with Crippen molar-refractivity contribution in [2.24, 2.45) is 0 Å². The van der Waals surface area contributed by atoms with Crippen LogP contribution in [-0.2, 0) is 4.43 Å². The van der Waals surface area contributed by atoms with Gasteiger partial charge in [-0.3, -0.25) is 0 Å². The lowest BCUT2D eigenvalue weighted by molar-refractivity contribution is 0.296. The average Bonchev–Trinajstić information content (AvgIpc) is 2.35. The van der Waals surface area contributed by atoms with Crippen LogP contribution < -0.4 is 0 Å². The Morgan fingerprint density at radius 3 is 2.11 bits per heavy atom. The Bertz CT molecular complexity index is 269. The fourth-order valence-electron chi connectivity index (χ4n) is 1.63. The van der Waals surface area contributed by atoms with Crippen molar-refractivity contribution in [3.63, 3.8) is 0 Å². The third-order valence-corrected chi connectivity index (χ3v) is 8.15. The molecule has 1 nitrogen and oxygen atoms in total. The van der Waals surface area contributed by atoms with Crippen molar-refractivity contribution >= 4 is 31.5 Å². The molecule has 4 heteroatoms. The van der Waals surface area contributed by atoms with Gasteiger partial charge in [0, 0.05) is 19.4 Å². The Labute approximate surface area is 130 Å². The van der Waals surface area contributed by atoms with Crippen LogP contribution in [0.1, 0.15) is 58.3 Å². The summed E-state index contributed by atoms with van der Waals surface area (Å²) in [5, 5.41) is 0. The lowest BCUT2D eigenvalue weighted by atomic mass is 10.1. The van der Waals surface area contributed by atoms with E-state index in [0.717, 1.165) is 25.9 Å². The molecule has 19 heavy (non-hydrogen) atoms. The highest BCUT2D eigenvalue weighted by Crippen LogP contribution is 2.20. The van der Waals surface area contributed by atoms with Crippen LogP contribution in [0.15, 0.2) is 0 Å². The molecule has 0 saturated heterocycles. The summed E-state index contributed by atoms with van der Waals surface area (Å²) in [4.78, 5) is 0. The van der Waals surface area contributed by atoms with Crippen LogP contribution in [0.3, 0.4) is 0 Å². The SMILES string of the molecule is CCC#CCCCCCCCCO[Si](C)(C)C(Cl)Cl. The fourth-order valence-corrected chi connectivity index (χ4v) is 2.81. The highest BCUT2D eigenvalue weighted by atomic mass is 35.5. The second-order valence-electron chi connectivity index (χ2n) is 5.33. The second kappa shape index (κ2) is 12.1. The van der Waals surface area contributed by atoms with Gasteiger partial charge in [-0.05, 0) is 25.9 Å². The van der Waals surface area contributed by atoms with Crippen molar-refractivity contribution in [2.45, 2.75) is 75.8 Å². The van der Waals surface area contributed by atoms with Gasteiger partial charge in [-0.25, -0.2) is 0 Å². The van der Waals surface area contributed by atoms with Gasteiger partial charge in [-0.15, -0.1) is 35.0 Å². The van der Waals surface area contributed by atoms with Crippen molar-refractivity contribution in [3.8, 4) is 11.8 Å². The molecule has 0 bridgehead atoms. The van der Waals surface area contributed by atoms with Crippen LogP contribution in [0.25, 0.3) is 0 Å². The van der Waals surface area contributed by atoms with Crippen molar-refractivity contribution in [1.82, 2.24) is 0 Å². The Morgan fingerprint density at radius 2 is 1.53 bits per heavy atom. The number of halogens is 2. The van der Waals surface area contributed by atoms with E-state index in [0.29, 0.717) is 0 Å². The number of rotatable bonds is 10. The molecule has 0 aliphatic rings. The van der Waals surface area contributed by atoms with E-state index in [1.807, 2.05) is 0 Å². The van der Waals surface area contributed by atoms with Crippen LogP contribution in [-0.4, -0.2) is 19.4 Å². The Kier molecular flexibility index (Phi) is 12.3. The largest absolute Gasteiger partial charge is 0.415 e. The highest BCUT2D eigenvalue weighted by molar-refractivity contribution is 6.87. The van der Waals surface area contributed by atoms with Gasteiger partial charge in [-0.1, -0.05) is 32.6 Å². The molecule has 0 atom stereocenters. The molecule has 0 amide bonds. The fraction of sp³-hybridized carbons (Fsp3) is 0.867. The first-order valence-corrected chi connectivity index (χ1v) is 11.2. The van der Waals surface area contributed by atoms with Gasteiger partial charge >= 0.3 is 0 Å². The quantitative estimate of drug-likeness (QED) is 0.217. The molecule has 0 aromatic carbocycles. The monoisotopic (exact) mass is 322 g/mol. The lowest BCUT2D eigenvalue weighted by Crippen LogP contribution is -2.38. The summed E-state index contributed by atoms with van der Waals surface area (Å²) in [6.45, 7) is 7.02. The smallest absolute Gasteiger partial charge is 0.220 e. The van der Waals surface area contributed by atoms with Crippen LogP contribution >= 0.6 is 23.2 Å². The van der Waals surface area contributed by atoms with Gasteiger partial charge in [0.25, 0.3) is 0 Å². The summed E-state index contributed by atoms with van der Waals surface area (Å²) in [5.41, 5.74) is 0. The molecular weight excluding hydrogens is 295 g/mol. The molecule has 0 heterocycles. The molecule has 0 aliphatic heterocycles. The maximum Gasteiger partial charge on any atom is 0.220 e. The first-order chi connectivity index (χ1) is 9.00. The minimum atomic E-state index is -1.86. The number of hydrogen-bond donors (Lipinski definition) is 0. The topological polar surface area (TPSA) is 9.23 Å². The minimum absolute atomic E-state index is 0.336. The zero-order chi connectivity index (χ0) is 14.6. The zero-order valence-corrected chi connectivity index (χ0v) is 15.1. The molecule has 0 rings (SSSR count). The number of alkyl halides is 2. The molecule has 0 radical (unpaired) electrons. The molecule has 0 aromatic rings. The predicted octanol–water partition coefficient (Wildman–Crippen LogP) is 5.70. The molecule has 0 spiro atoms. The first kappa shape index (κ1) is 19.3.